The van der Waals surface area contributed by atoms with E-state index in [1.54, 1.807) is 23.6 Å². The Balaban J connectivity index is 0.642. The molecule has 2 unspecified atom stereocenters. The number of imide groups is 1. The minimum atomic E-state index is -0.493. The van der Waals surface area contributed by atoms with Gasteiger partial charge in [-0.25, -0.2) is 9.55 Å². The molecule has 78 heavy (non-hydrogen) atoms. The van der Waals surface area contributed by atoms with Gasteiger partial charge in [0.05, 0.1) is 52.3 Å². The summed E-state index contributed by atoms with van der Waals surface area (Å²) >= 11 is 15.2. The topological polar surface area (TPSA) is 197 Å². The second kappa shape index (κ2) is 22.0. The third kappa shape index (κ3) is 10.7. The number of benzene rings is 1. The number of aryl methyl sites for hydroxylation is 4. The van der Waals surface area contributed by atoms with Gasteiger partial charge >= 0.3 is 0 Å². The number of aromatic amines is 1. The largest absolute Gasteiger partial charge is 0.340 e. The monoisotopic (exact) mass is 1120 g/mol. The van der Waals surface area contributed by atoms with Gasteiger partial charge in [-0.1, -0.05) is 23.4 Å². The number of piperazine rings is 1. The molecule has 1 aliphatic carbocycles. The zero-order chi connectivity index (χ0) is 54.5. The number of nitrogens with zero attached hydrogens (tertiary/aromatic N) is 10. The van der Waals surface area contributed by atoms with Crippen molar-refractivity contribution in [3.05, 3.63) is 142 Å². The van der Waals surface area contributed by atoms with E-state index in [1.807, 2.05) is 55.2 Å². The average molecular weight is 1120 g/mol. The normalized spacial score (nSPS) is 18.4. The summed E-state index contributed by atoms with van der Waals surface area (Å²) in [5, 5.41) is 16.5. The van der Waals surface area contributed by atoms with Gasteiger partial charge in [0.1, 0.15) is 16.3 Å². The van der Waals surface area contributed by atoms with Crippen LogP contribution in [0, 0.1) is 49.2 Å². The van der Waals surface area contributed by atoms with E-state index < -0.39 is 5.91 Å². The van der Waals surface area contributed by atoms with Crippen molar-refractivity contribution in [3.63, 3.8) is 0 Å². The number of pyridine rings is 2. The molecule has 4 atom stereocenters. The summed E-state index contributed by atoms with van der Waals surface area (Å²) in [6, 6.07) is 15.3. The lowest BCUT2D eigenvalue weighted by Crippen LogP contribution is -2.55. The van der Waals surface area contributed by atoms with Crippen molar-refractivity contribution >= 4 is 90.4 Å². The molecule has 0 spiro atoms. The van der Waals surface area contributed by atoms with Crippen LogP contribution in [0.25, 0.3) is 37.4 Å². The van der Waals surface area contributed by atoms with Gasteiger partial charge in [0.25, 0.3) is 11.5 Å². The molecule has 2 aliphatic heterocycles. The van der Waals surface area contributed by atoms with E-state index in [1.165, 1.54) is 38.5 Å². The predicted molar refractivity (Wildman–Crippen MR) is 303 cm³/mol. The number of thiophene rings is 2. The Morgan fingerprint density at radius 3 is 2.40 bits per heavy atom. The number of unbranched alkanes of at least 4 members (excludes halogenated alkanes) is 1. The first-order chi connectivity index (χ1) is 37.6. The number of carbonyl (C=O) groups is 4. The van der Waals surface area contributed by atoms with Crippen LogP contribution in [0.5, 0.6) is 0 Å². The minimum absolute atomic E-state index is 0.0101. The van der Waals surface area contributed by atoms with Crippen molar-refractivity contribution < 1.29 is 19.2 Å². The molecule has 21 heteroatoms. The molecular weight excluding hydrogens is 1060 g/mol. The number of piperidine rings is 1. The van der Waals surface area contributed by atoms with E-state index in [0.717, 1.165) is 80.4 Å². The molecule has 11 rings (SSSR count). The standard InChI is InChI=1S/C57H55ClN12O5S3/c1-31-13-16-60-49(19-31)70-56(75)50-39(35(5)77-53(50)63-57(70)76)9-8-15-61-52(72)46-12-11-45(64-65-46)48(71)10-6-7-18-67-28-36(24-62-67)27-66-25-33(3)68(34(4)26-66)30-44-32(2)20-37(58)21-41(44)40-14-17-59-47-22-38(78-51(40)47)29-69-54(73)42-23-43(42)55(69)74/h11-14,16-17,19-22,24,28,33-34,42-43H,6-7,10,15,18,23,25-27,29-30H2,1-5H3,(H,61,72)(H,63,76)/t33-,34-,42?,43?/m0/s1. The van der Waals surface area contributed by atoms with Gasteiger partial charge in [-0.15, -0.1) is 32.9 Å². The van der Waals surface area contributed by atoms with Crippen molar-refractivity contribution in [2.75, 3.05) is 19.6 Å². The maximum Gasteiger partial charge on any atom is 0.272 e. The zero-order valence-corrected chi connectivity index (χ0v) is 46.8. The molecule has 3 amide bonds. The summed E-state index contributed by atoms with van der Waals surface area (Å²) in [4.78, 5) is 86.3. The molecule has 2 saturated heterocycles. The Kier molecular flexibility index (Phi) is 14.9. The van der Waals surface area contributed by atoms with Crippen LogP contribution < -0.4 is 10.9 Å². The van der Waals surface area contributed by atoms with Gasteiger partial charge in [-0.2, -0.15) is 5.10 Å². The molecule has 0 bridgehead atoms. The summed E-state index contributed by atoms with van der Waals surface area (Å²) in [7, 11) is 0. The lowest BCUT2D eigenvalue weighted by molar-refractivity contribution is -0.141. The number of rotatable bonds is 16. The van der Waals surface area contributed by atoms with Crippen LogP contribution >= 0.6 is 46.5 Å². The van der Waals surface area contributed by atoms with Crippen LogP contribution in [-0.2, 0) is 35.8 Å². The number of ketones is 1. The zero-order valence-electron chi connectivity index (χ0n) is 43.6. The van der Waals surface area contributed by atoms with Crippen LogP contribution in [0.2, 0.25) is 5.02 Å². The number of nitrogens with one attached hydrogen (secondary N) is 2. The summed E-state index contributed by atoms with van der Waals surface area (Å²) in [5.41, 5.74) is 7.83. The fraction of sp³-hybridized carbons (Fsp3) is 0.351. The number of fused-ring (bicyclic) bond motifs is 3. The maximum absolute atomic E-state index is 13.7. The number of Topliss-reactive ketones (excluding diaryl/α,β-unsaturated/α-hetero) is 1. The van der Waals surface area contributed by atoms with Crippen molar-refractivity contribution in [3.8, 4) is 28.8 Å². The van der Waals surface area contributed by atoms with E-state index >= 15 is 0 Å². The van der Waals surface area contributed by atoms with Crippen molar-refractivity contribution in [2.45, 2.75) is 98.6 Å². The molecule has 398 valence electrons. The molecule has 17 nitrogen and oxygen atoms in total. The summed E-state index contributed by atoms with van der Waals surface area (Å²) < 4.78 is 4.55. The van der Waals surface area contributed by atoms with Crippen molar-refractivity contribution in [1.29, 1.82) is 0 Å². The molecule has 2 N–H and O–H groups in total. The van der Waals surface area contributed by atoms with Crippen LogP contribution in [0.4, 0.5) is 0 Å². The fourth-order valence-electron chi connectivity index (χ4n) is 10.9. The molecule has 1 aromatic carbocycles. The van der Waals surface area contributed by atoms with Gasteiger partial charge in [-0.05, 0) is 137 Å². The molecular formula is C57H55ClN12O5S3. The Hall–Kier alpha value is -7.12. The molecule has 9 heterocycles. The third-order valence-electron chi connectivity index (χ3n) is 14.9. The highest BCUT2D eigenvalue weighted by Crippen LogP contribution is 2.48. The third-order valence-corrected chi connectivity index (χ3v) is 17.6. The lowest BCUT2D eigenvalue weighted by atomic mass is 9.94. The van der Waals surface area contributed by atoms with Crippen molar-refractivity contribution in [2.24, 2.45) is 11.8 Å². The number of amides is 3. The maximum atomic E-state index is 13.7. The van der Waals surface area contributed by atoms with Crippen molar-refractivity contribution in [1.82, 2.24) is 59.5 Å². The highest BCUT2D eigenvalue weighted by molar-refractivity contribution is 7.71. The molecule has 3 fully saturated rings. The van der Waals surface area contributed by atoms with Gasteiger partial charge in [0.15, 0.2) is 16.2 Å². The van der Waals surface area contributed by atoms with Gasteiger partial charge in [0, 0.05) is 95.7 Å². The Morgan fingerprint density at radius 2 is 1.64 bits per heavy atom. The number of carbonyl (C=O) groups excluding carboxylic acids is 4. The summed E-state index contributed by atoms with van der Waals surface area (Å²) in [6.07, 6.45) is 9.82. The van der Waals surface area contributed by atoms with E-state index in [0.29, 0.717) is 46.0 Å². The molecule has 0 radical (unpaired) electrons. The fourth-order valence-corrected chi connectivity index (χ4v) is 13.6. The average Bonchev–Trinajstić information content (AvgIpc) is 3.89. The number of hydrogen-bond donors (Lipinski definition) is 2. The van der Waals surface area contributed by atoms with E-state index in [4.69, 9.17) is 23.8 Å². The highest BCUT2D eigenvalue weighted by Gasteiger charge is 2.58. The van der Waals surface area contributed by atoms with E-state index in [9.17, 15) is 24.0 Å². The highest BCUT2D eigenvalue weighted by atomic mass is 35.5. The minimum Gasteiger partial charge on any atom is -0.340 e. The van der Waals surface area contributed by atoms with E-state index in [2.05, 4.69) is 90.2 Å². The Morgan fingerprint density at radius 1 is 0.885 bits per heavy atom. The molecule has 8 aromatic rings. The number of aromatic nitrogens is 8. The first-order valence-electron chi connectivity index (χ1n) is 26.0. The molecule has 7 aromatic heterocycles. The van der Waals surface area contributed by atoms with E-state index in [-0.39, 0.29) is 82.7 Å². The van der Waals surface area contributed by atoms with Gasteiger partial charge < -0.3 is 10.3 Å². The second-order valence-electron chi connectivity index (χ2n) is 20.6. The summed E-state index contributed by atoms with van der Waals surface area (Å²) in [5.74, 6) is 5.42. The van der Waals surface area contributed by atoms with Crippen LogP contribution in [0.3, 0.4) is 0 Å². The smallest absolute Gasteiger partial charge is 0.272 e. The molecule has 1 saturated carbocycles. The van der Waals surface area contributed by atoms with Crippen LogP contribution in [0.1, 0.15) is 98.1 Å². The summed E-state index contributed by atoms with van der Waals surface area (Å²) in [6.45, 7) is 14.7. The second-order valence-corrected chi connectivity index (χ2v) is 23.8. The number of hydrogen-bond acceptors (Lipinski definition) is 15. The van der Waals surface area contributed by atoms with Crippen LogP contribution in [0.15, 0.2) is 78.1 Å². The SMILES string of the molecule is Cc1ccnc(-n2c(=S)[nH]c3sc(C)c(C#CCNC(=O)c4ccc(C(=O)CCCCn5cc(CN6C[C@H](C)N(Cc7c(C)cc(Cl)cc7-c7ccnc8cc(CN9C(=O)C%10CC%10C9=O)sc78)[C@@H](C)C6)cn5)nn4)c3c2=O)c1. The first-order valence-corrected chi connectivity index (χ1v) is 28.4. The predicted octanol–water partition coefficient (Wildman–Crippen LogP) is 8.78. The van der Waals surface area contributed by atoms with Crippen LogP contribution in [-0.4, -0.2) is 109 Å². The van der Waals surface area contributed by atoms with Gasteiger partial charge in [-0.3, -0.25) is 48.3 Å². The number of halogens is 1. The number of likely N-dealkylation sites (tertiary alicyclic amines) is 1. The van der Waals surface area contributed by atoms with Gasteiger partial charge in [0.2, 0.25) is 11.8 Å². The first kappa shape index (κ1) is 52.9. The quantitative estimate of drug-likeness (QED) is 0.0307. The molecule has 3 aliphatic rings. The lowest BCUT2D eigenvalue weighted by Gasteiger charge is -2.45. The Bertz CT molecular complexity index is 3880. The Labute approximate surface area is 467 Å². The number of H-pyrrole nitrogens is 1.